The fourth-order valence-electron chi connectivity index (χ4n) is 2.76. The zero-order valence-electron chi connectivity index (χ0n) is 13.3. The number of aromatic carboxylic acids is 1. The lowest BCUT2D eigenvalue weighted by molar-refractivity contribution is -0.129. The van der Waals surface area contributed by atoms with Crippen LogP contribution in [0.25, 0.3) is 0 Å². The molecule has 0 fully saturated rings. The quantitative estimate of drug-likeness (QED) is 0.879. The maximum absolute atomic E-state index is 13.0. The Morgan fingerprint density at radius 1 is 1.24 bits per heavy atom. The third kappa shape index (κ3) is 3.39. The van der Waals surface area contributed by atoms with Gasteiger partial charge in [0.2, 0.25) is 5.91 Å². The van der Waals surface area contributed by atoms with Crippen LogP contribution in [0.3, 0.4) is 0 Å². The van der Waals surface area contributed by atoms with Crippen LogP contribution in [0.5, 0.6) is 0 Å². The van der Waals surface area contributed by atoms with Crippen molar-refractivity contribution in [3.63, 3.8) is 0 Å². The normalized spacial score (nSPS) is 13.3. The van der Waals surface area contributed by atoms with Gasteiger partial charge in [-0.25, -0.2) is 9.18 Å². The molecule has 130 valence electrons. The summed E-state index contributed by atoms with van der Waals surface area (Å²) in [6, 6.07) is 4.99. The van der Waals surface area contributed by atoms with Gasteiger partial charge in [-0.1, -0.05) is 0 Å². The molecule has 0 unspecified atom stereocenters. The molecule has 1 aromatic heterocycles. The van der Waals surface area contributed by atoms with Crippen molar-refractivity contribution in [2.75, 3.05) is 11.9 Å². The molecule has 0 atom stereocenters. The number of amides is 2. The number of carboxylic acids is 1. The van der Waals surface area contributed by atoms with Gasteiger partial charge in [0.05, 0.1) is 12.1 Å². The van der Waals surface area contributed by atoms with E-state index in [9.17, 15) is 23.9 Å². The average Bonchev–Trinajstić information content (AvgIpc) is 2.92. The Kier molecular flexibility index (Phi) is 4.54. The summed E-state index contributed by atoms with van der Waals surface area (Å²) in [5, 5.41) is 12.4. The fraction of sp³-hybridized carbons (Fsp3) is 0.235. The molecule has 0 saturated heterocycles. The summed E-state index contributed by atoms with van der Waals surface area (Å²) < 4.78 is 13.0. The Morgan fingerprint density at radius 3 is 2.52 bits per heavy atom. The molecule has 2 aromatic rings. The van der Waals surface area contributed by atoms with Gasteiger partial charge >= 0.3 is 5.97 Å². The van der Waals surface area contributed by atoms with E-state index in [0.717, 1.165) is 28.3 Å². The summed E-state index contributed by atoms with van der Waals surface area (Å²) in [5.74, 6) is -2.17. The fourth-order valence-corrected chi connectivity index (χ4v) is 4.01. The first-order valence-electron chi connectivity index (χ1n) is 7.57. The number of halogens is 1. The second kappa shape index (κ2) is 6.64. The number of benzene rings is 1. The molecular formula is C17H15FN2O4S. The molecule has 2 N–H and O–H groups in total. The lowest BCUT2D eigenvalue weighted by Gasteiger charge is -2.25. The minimum atomic E-state index is -1.12. The molecule has 1 aliphatic heterocycles. The number of carbonyl (C=O) groups excluding carboxylic acids is 2. The number of carbonyl (C=O) groups is 3. The van der Waals surface area contributed by atoms with E-state index >= 15 is 0 Å². The van der Waals surface area contributed by atoms with Crippen LogP contribution in [0.1, 0.15) is 38.1 Å². The van der Waals surface area contributed by atoms with Crippen LogP contribution in [0, 0.1) is 5.82 Å². The minimum Gasteiger partial charge on any atom is -0.478 e. The van der Waals surface area contributed by atoms with Gasteiger partial charge in [0.1, 0.15) is 10.8 Å². The van der Waals surface area contributed by atoms with Crippen molar-refractivity contribution in [3.05, 3.63) is 51.7 Å². The Morgan fingerprint density at radius 2 is 1.92 bits per heavy atom. The van der Waals surface area contributed by atoms with Gasteiger partial charge < -0.3 is 15.3 Å². The van der Waals surface area contributed by atoms with Crippen molar-refractivity contribution >= 4 is 34.1 Å². The highest BCUT2D eigenvalue weighted by Crippen LogP contribution is 2.37. The highest BCUT2D eigenvalue weighted by Gasteiger charge is 2.29. The third-order valence-electron chi connectivity index (χ3n) is 4.05. The first kappa shape index (κ1) is 17.1. The Hall–Kier alpha value is -2.74. The smallest absolute Gasteiger partial charge is 0.339 e. The second-order valence-corrected chi connectivity index (χ2v) is 6.77. The first-order valence-corrected chi connectivity index (χ1v) is 8.38. The van der Waals surface area contributed by atoms with Crippen LogP contribution in [-0.2, 0) is 17.8 Å². The largest absolute Gasteiger partial charge is 0.478 e. The van der Waals surface area contributed by atoms with Crippen LogP contribution in [0.2, 0.25) is 0 Å². The van der Waals surface area contributed by atoms with Gasteiger partial charge in [0, 0.05) is 23.9 Å². The highest BCUT2D eigenvalue weighted by molar-refractivity contribution is 7.17. The van der Waals surface area contributed by atoms with E-state index in [-0.39, 0.29) is 22.0 Å². The highest BCUT2D eigenvalue weighted by atomic mass is 32.1. The van der Waals surface area contributed by atoms with E-state index in [0.29, 0.717) is 25.1 Å². The van der Waals surface area contributed by atoms with Gasteiger partial charge in [-0.2, -0.15) is 0 Å². The van der Waals surface area contributed by atoms with E-state index in [2.05, 4.69) is 5.32 Å². The summed E-state index contributed by atoms with van der Waals surface area (Å²) in [4.78, 5) is 37.9. The summed E-state index contributed by atoms with van der Waals surface area (Å²) in [6.07, 6.45) is 0.430. The van der Waals surface area contributed by atoms with Gasteiger partial charge in [0.25, 0.3) is 5.91 Å². The van der Waals surface area contributed by atoms with Gasteiger partial charge in [-0.05, 0) is 36.2 Å². The van der Waals surface area contributed by atoms with Crippen LogP contribution in [0.4, 0.5) is 9.39 Å². The number of carboxylic acid groups (broad SMARTS) is 1. The number of nitrogens with zero attached hydrogens (tertiary/aromatic N) is 1. The van der Waals surface area contributed by atoms with Crippen LogP contribution >= 0.6 is 11.3 Å². The molecule has 0 bridgehead atoms. The zero-order valence-corrected chi connectivity index (χ0v) is 14.2. The number of hydrogen-bond acceptors (Lipinski definition) is 4. The Bertz CT molecular complexity index is 860. The predicted molar refractivity (Wildman–Crippen MR) is 90.4 cm³/mol. The Balaban J connectivity index is 1.91. The van der Waals surface area contributed by atoms with E-state index in [1.54, 1.807) is 4.90 Å². The molecule has 2 heterocycles. The van der Waals surface area contributed by atoms with Gasteiger partial charge in [-0.3, -0.25) is 9.59 Å². The van der Waals surface area contributed by atoms with Gasteiger partial charge in [-0.15, -0.1) is 11.3 Å². The van der Waals surface area contributed by atoms with E-state index in [4.69, 9.17) is 0 Å². The molecule has 2 amide bonds. The average molecular weight is 362 g/mol. The van der Waals surface area contributed by atoms with Crippen LogP contribution < -0.4 is 5.32 Å². The molecule has 1 aromatic carbocycles. The Labute approximate surface area is 146 Å². The molecule has 1 aliphatic rings. The molecule has 3 rings (SSSR count). The molecule has 0 spiro atoms. The molecule has 0 radical (unpaired) electrons. The van der Waals surface area contributed by atoms with Crippen molar-refractivity contribution in [1.29, 1.82) is 0 Å². The van der Waals surface area contributed by atoms with Crippen LogP contribution in [-0.4, -0.2) is 34.3 Å². The molecule has 6 nitrogen and oxygen atoms in total. The lowest BCUT2D eigenvalue weighted by Crippen LogP contribution is -2.33. The lowest BCUT2D eigenvalue weighted by atomic mass is 10.0. The standard InChI is InChI=1S/C17H15FN2O4S/c1-9(21)20-7-6-12-13(8-20)25-16(14(12)17(23)24)19-15(22)10-2-4-11(18)5-3-10/h2-5H,6-8H2,1H3,(H,19,22)(H,23,24). The summed E-state index contributed by atoms with van der Waals surface area (Å²) in [6.45, 7) is 2.25. The molecule has 8 heteroatoms. The molecule has 0 aliphatic carbocycles. The predicted octanol–water partition coefficient (Wildman–Crippen LogP) is 2.74. The van der Waals surface area contributed by atoms with E-state index in [1.807, 2.05) is 0 Å². The van der Waals surface area contributed by atoms with E-state index in [1.165, 1.54) is 19.1 Å². The zero-order chi connectivity index (χ0) is 18.1. The number of anilines is 1. The second-order valence-electron chi connectivity index (χ2n) is 5.66. The molecular weight excluding hydrogens is 347 g/mol. The first-order chi connectivity index (χ1) is 11.9. The third-order valence-corrected chi connectivity index (χ3v) is 5.18. The molecule has 0 saturated carbocycles. The number of rotatable bonds is 3. The van der Waals surface area contributed by atoms with Crippen molar-refractivity contribution in [2.24, 2.45) is 0 Å². The van der Waals surface area contributed by atoms with Crippen molar-refractivity contribution < 1.29 is 23.9 Å². The van der Waals surface area contributed by atoms with Crippen molar-refractivity contribution in [3.8, 4) is 0 Å². The maximum atomic E-state index is 13.0. The minimum absolute atomic E-state index is 0.0682. The monoisotopic (exact) mass is 362 g/mol. The van der Waals surface area contributed by atoms with E-state index < -0.39 is 17.7 Å². The summed E-state index contributed by atoms with van der Waals surface area (Å²) in [5.41, 5.74) is 0.956. The number of thiophene rings is 1. The number of hydrogen-bond donors (Lipinski definition) is 2. The maximum Gasteiger partial charge on any atom is 0.339 e. The number of nitrogens with one attached hydrogen (secondary N) is 1. The summed E-state index contributed by atoms with van der Waals surface area (Å²) in [7, 11) is 0. The molecule has 25 heavy (non-hydrogen) atoms. The topological polar surface area (TPSA) is 86.7 Å². The number of fused-ring (bicyclic) bond motifs is 1. The van der Waals surface area contributed by atoms with Crippen LogP contribution in [0.15, 0.2) is 24.3 Å². The van der Waals surface area contributed by atoms with Crippen molar-refractivity contribution in [1.82, 2.24) is 4.90 Å². The SMILES string of the molecule is CC(=O)N1CCc2c(sc(NC(=O)c3ccc(F)cc3)c2C(=O)O)C1. The van der Waals surface area contributed by atoms with Crippen molar-refractivity contribution in [2.45, 2.75) is 19.9 Å². The summed E-state index contributed by atoms with van der Waals surface area (Å²) >= 11 is 1.16. The van der Waals surface area contributed by atoms with Gasteiger partial charge in [0.15, 0.2) is 0 Å².